The molecule has 0 aromatic carbocycles. The third-order valence-corrected chi connectivity index (χ3v) is 4.52. The summed E-state index contributed by atoms with van der Waals surface area (Å²) < 4.78 is 38.0. The summed E-state index contributed by atoms with van der Waals surface area (Å²) in [6.07, 6.45) is 1.12. The fraction of sp³-hybridized carbons (Fsp3) is 0.684. The summed E-state index contributed by atoms with van der Waals surface area (Å²) in [5.41, 5.74) is -0.981. The van der Waals surface area contributed by atoms with Crippen LogP contribution in [0.25, 0.3) is 0 Å². The summed E-state index contributed by atoms with van der Waals surface area (Å²) in [4.78, 5) is 25.7. The third kappa shape index (κ3) is 10.3. The lowest BCUT2D eigenvalue weighted by Crippen LogP contribution is -2.40. The molecule has 8 nitrogen and oxygen atoms in total. The maximum absolute atomic E-state index is 12.7. The van der Waals surface area contributed by atoms with Crippen molar-refractivity contribution >= 4 is 41.8 Å². The maximum atomic E-state index is 12.7. The van der Waals surface area contributed by atoms with E-state index in [0.29, 0.717) is 45.1 Å². The molecule has 1 aliphatic rings. The molecule has 1 aromatic heterocycles. The second-order valence-electron chi connectivity index (χ2n) is 6.92. The number of amides is 1. The van der Waals surface area contributed by atoms with Crippen LogP contribution in [-0.2, 0) is 11.0 Å². The Balaban J connectivity index is 0.00000480. The van der Waals surface area contributed by atoms with Crippen LogP contribution in [0.3, 0.4) is 0 Å². The molecule has 0 spiro atoms. The fourth-order valence-corrected chi connectivity index (χ4v) is 3.03. The molecule has 1 aliphatic heterocycles. The van der Waals surface area contributed by atoms with Gasteiger partial charge in [0.05, 0.1) is 0 Å². The van der Waals surface area contributed by atoms with Crippen molar-refractivity contribution < 1.29 is 18.0 Å². The molecule has 1 amide bonds. The summed E-state index contributed by atoms with van der Waals surface area (Å²) in [6, 6.07) is 0.832. The summed E-state index contributed by atoms with van der Waals surface area (Å²) in [5.74, 6) is 0.770. The van der Waals surface area contributed by atoms with Crippen LogP contribution in [0.2, 0.25) is 0 Å². The molecule has 2 heterocycles. The first-order valence-corrected chi connectivity index (χ1v) is 10.3. The predicted molar refractivity (Wildman–Crippen MR) is 125 cm³/mol. The summed E-state index contributed by atoms with van der Waals surface area (Å²) >= 11 is 0. The van der Waals surface area contributed by atoms with Crippen LogP contribution in [0.1, 0.15) is 44.7 Å². The Labute approximate surface area is 197 Å². The van der Waals surface area contributed by atoms with Gasteiger partial charge in [0.15, 0.2) is 5.96 Å². The lowest BCUT2D eigenvalue weighted by molar-refractivity contribution is -0.141. The first-order valence-electron chi connectivity index (χ1n) is 10.3. The SMILES string of the molecule is CCNC(=NCCCN1CCCCCC1=O)NCCNc1nccc(C(F)(F)F)n1.I. The average molecular weight is 557 g/mol. The molecule has 1 aromatic rings. The van der Waals surface area contributed by atoms with Gasteiger partial charge < -0.3 is 20.9 Å². The van der Waals surface area contributed by atoms with Crippen molar-refractivity contribution in [3.8, 4) is 0 Å². The van der Waals surface area contributed by atoms with Gasteiger partial charge in [-0.1, -0.05) is 6.42 Å². The number of hydrogen-bond acceptors (Lipinski definition) is 5. The van der Waals surface area contributed by atoms with E-state index in [4.69, 9.17) is 0 Å². The Hall–Kier alpha value is -1.86. The largest absolute Gasteiger partial charge is 0.433 e. The first kappa shape index (κ1) is 27.2. The summed E-state index contributed by atoms with van der Waals surface area (Å²) in [7, 11) is 0. The number of likely N-dealkylation sites (tertiary alicyclic amines) is 1. The highest BCUT2D eigenvalue weighted by Gasteiger charge is 2.32. The smallest absolute Gasteiger partial charge is 0.357 e. The normalized spacial score (nSPS) is 15.2. The lowest BCUT2D eigenvalue weighted by atomic mass is 10.2. The number of nitrogens with one attached hydrogen (secondary N) is 3. The van der Waals surface area contributed by atoms with Crippen LogP contribution < -0.4 is 16.0 Å². The molecule has 31 heavy (non-hydrogen) atoms. The van der Waals surface area contributed by atoms with E-state index in [1.165, 1.54) is 0 Å². The highest BCUT2D eigenvalue weighted by molar-refractivity contribution is 14.0. The number of rotatable bonds is 9. The molecule has 1 fully saturated rings. The molecule has 0 atom stereocenters. The Morgan fingerprint density at radius 2 is 2.03 bits per heavy atom. The van der Waals surface area contributed by atoms with Gasteiger partial charge in [-0.25, -0.2) is 9.97 Å². The zero-order valence-corrected chi connectivity index (χ0v) is 20.0. The van der Waals surface area contributed by atoms with Gasteiger partial charge in [0.25, 0.3) is 0 Å². The van der Waals surface area contributed by atoms with Crippen molar-refractivity contribution in [2.45, 2.75) is 45.2 Å². The zero-order chi connectivity index (χ0) is 21.8. The molecular formula is C19H31F3IN7O. The van der Waals surface area contributed by atoms with Crippen molar-refractivity contribution in [1.82, 2.24) is 25.5 Å². The molecule has 0 radical (unpaired) electrons. The second kappa shape index (κ2) is 14.2. The monoisotopic (exact) mass is 557 g/mol. The van der Waals surface area contributed by atoms with Gasteiger partial charge in [-0.15, -0.1) is 24.0 Å². The van der Waals surface area contributed by atoms with Crippen LogP contribution in [0, 0.1) is 0 Å². The standard InChI is InChI=1S/C19H30F3N7O.HI/c1-2-23-17(24-9-6-14-29-13-5-3-4-7-16(29)30)26-11-12-27-18-25-10-8-15(28-18)19(20,21)22;/h8,10H,2-7,9,11-14H2,1H3,(H2,23,24,26)(H,25,27,28);1H. The molecule has 0 aliphatic carbocycles. The molecule has 0 bridgehead atoms. The van der Waals surface area contributed by atoms with E-state index in [1.54, 1.807) is 0 Å². The second-order valence-corrected chi connectivity index (χ2v) is 6.92. The van der Waals surface area contributed by atoms with Crippen LogP contribution in [-0.4, -0.2) is 66.0 Å². The quantitative estimate of drug-likeness (QED) is 0.187. The number of hydrogen-bond donors (Lipinski definition) is 3. The van der Waals surface area contributed by atoms with Gasteiger partial charge in [-0.3, -0.25) is 9.79 Å². The molecule has 1 saturated heterocycles. The molecule has 176 valence electrons. The van der Waals surface area contributed by atoms with Crippen LogP contribution in [0.4, 0.5) is 19.1 Å². The predicted octanol–water partition coefficient (Wildman–Crippen LogP) is 2.87. The van der Waals surface area contributed by atoms with E-state index in [9.17, 15) is 18.0 Å². The van der Waals surface area contributed by atoms with E-state index in [-0.39, 0.29) is 35.8 Å². The number of anilines is 1. The lowest BCUT2D eigenvalue weighted by Gasteiger charge is -2.20. The Morgan fingerprint density at radius 1 is 1.23 bits per heavy atom. The van der Waals surface area contributed by atoms with Gasteiger partial charge in [0.1, 0.15) is 5.69 Å². The van der Waals surface area contributed by atoms with E-state index in [0.717, 1.165) is 44.5 Å². The van der Waals surface area contributed by atoms with Gasteiger partial charge in [-0.2, -0.15) is 13.2 Å². The molecule has 0 saturated carbocycles. The molecule has 12 heteroatoms. The average Bonchev–Trinajstić information content (AvgIpc) is 2.92. The fourth-order valence-electron chi connectivity index (χ4n) is 3.03. The number of guanidine groups is 1. The Kier molecular flexibility index (Phi) is 12.5. The van der Waals surface area contributed by atoms with Crippen molar-refractivity contribution in [2.75, 3.05) is 44.6 Å². The number of carbonyl (C=O) groups is 1. The topological polar surface area (TPSA) is 94.5 Å². The third-order valence-electron chi connectivity index (χ3n) is 4.52. The highest BCUT2D eigenvalue weighted by atomic mass is 127. The van der Waals surface area contributed by atoms with Crippen molar-refractivity contribution in [1.29, 1.82) is 0 Å². The van der Waals surface area contributed by atoms with Crippen molar-refractivity contribution in [3.05, 3.63) is 18.0 Å². The first-order chi connectivity index (χ1) is 14.4. The Morgan fingerprint density at radius 3 is 2.77 bits per heavy atom. The summed E-state index contributed by atoms with van der Waals surface area (Å²) in [5, 5.41) is 8.99. The number of nitrogens with zero attached hydrogens (tertiary/aromatic N) is 4. The Bertz CT molecular complexity index is 703. The minimum atomic E-state index is -4.50. The number of carbonyl (C=O) groups excluding carboxylic acids is 1. The maximum Gasteiger partial charge on any atom is 0.433 e. The number of aliphatic imine (C=N–C) groups is 1. The molecule has 2 rings (SSSR count). The van der Waals surface area contributed by atoms with Gasteiger partial charge in [0, 0.05) is 51.9 Å². The highest BCUT2D eigenvalue weighted by Crippen LogP contribution is 2.27. The van der Waals surface area contributed by atoms with Gasteiger partial charge >= 0.3 is 6.18 Å². The van der Waals surface area contributed by atoms with Gasteiger partial charge in [0.2, 0.25) is 11.9 Å². The number of halogens is 4. The van der Waals surface area contributed by atoms with Gasteiger partial charge in [-0.05, 0) is 32.3 Å². The zero-order valence-electron chi connectivity index (χ0n) is 17.7. The van der Waals surface area contributed by atoms with Crippen LogP contribution in [0.15, 0.2) is 17.3 Å². The molecule has 3 N–H and O–H groups in total. The van der Waals surface area contributed by atoms with Crippen molar-refractivity contribution in [2.24, 2.45) is 4.99 Å². The van der Waals surface area contributed by atoms with Crippen LogP contribution >= 0.6 is 24.0 Å². The van der Waals surface area contributed by atoms with E-state index >= 15 is 0 Å². The molecular weight excluding hydrogens is 526 g/mol. The minimum absolute atomic E-state index is 0. The number of aromatic nitrogens is 2. The van der Waals surface area contributed by atoms with Crippen LogP contribution in [0.5, 0.6) is 0 Å². The van der Waals surface area contributed by atoms with E-state index in [1.807, 2.05) is 11.8 Å². The van der Waals surface area contributed by atoms with E-state index in [2.05, 4.69) is 30.9 Å². The summed E-state index contributed by atoms with van der Waals surface area (Å²) in [6.45, 7) is 5.48. The minimum Gasteiger partial charge on any atom is -0.357 e. The van der Waals surface area contributed by atoms with Crippen molar-refractivity contribution in [3.63, 3.8) is 0 Å². The van der Waals surface area contributed by atoms with E-state index < -0.39 is 11.9 Å². The number of alkyl halides is 3. The molecule has 0 unspecified atom stereocenters.